The Bertz CT molecular complexity index is 464. The molecule has 1 fully saturated rings. The number of furan rings is 1. The van der Waals surface area contributed by atoms with Crippen LogP contribution < -0.4 is 0 Å². The van der Waals surface area contributed by atoms with E-state index >= 15 is 0 Å². The standard InChI is InChI=1S/C10H12N4O3/c11-13-12-5-8-1-2-9(17-8)10(16)14-4-3-7(15)6-14/h1-2,7,15H,3-6H2. The summed E-state index contributed by atoms with van der Waals surface area (Å²) in [6, 6.07) is 3.16. The van der Waals surface area contributed by atoms with Gasteiger partial charge < -0.3 is 14.4 Å². The molecular weight excluding hydrogens is 224 g/mol. The van der Waals surface area contributed by atoms with Crippen LogP contribution in [-0.4, -0.2) is 35.1 Å². The molecule has 0 aromatic carbocycles. The number of nitrogens with zero attached hydrogens (tertiary/aromatic N) is 4. The normalized spacial score (nSPS) is 19.1. The lowest BCUT2D eigenvalue weighted by atomic mass is 10.3. The zero-order valence-corrected chi connectivity index (χ0v) is 9.11. The predicted molar refractivity (Wildman–Crippen MR) is 58.1 cm³/mol. The Hall–Kier alpha value is -1.98. The molecule has 17 heavy (non-hydrogen) atoms. The maximum Gasteiger partial charge on any atom is 0.289 e. The molecule has 0 spiro atoms. The summed E-state index contributed by atoms with van der Waals surface area (Å²) < 4.78 is 5.26. The first-order valence-corrected chi connectivity index (χ1v) is 5.27. The van der Waals surface area contributed by atoms with Crippen LogP contribution in [0.1, 0.15) is 22.7 Å². The van der Waals surface area contributed by atoms with Gasteiger partial charge in [0, 0.05) is 18.0 Å². The molecule has 1 N–H and O–H groups in total. The Labute approximate surface area is 97.3 Å². The fourth-order valence-corrected chi connectivity index (χ4v) is 1.76. The van der Waals surface area contributed by atoms with Crippen LogP contribution in [0.2, 0.25) is 0 Å². The summed E-state index contributed by atoms with van der Waals surface area (Å²) in [5.74, 6) is 0.418. The van der Waals surface area contributed by atoms with E-state index in [0.717, 1.165) is 0 Å². The Balaban J connectivity index is 2.04. The van der Waals surface area contributed by atoms with Gasteiger partial charge in [-0.2, -0.15) is 0 Å². The van der Waals surface area contributed by atoms with Gasteiger partial charge in [-0.3, -0.25) is 4.79 Å². The van der Waals surface area contributed by atoms with Crippen LogP contribution in [0, 0.1) is 0 Å². The third-order valence-corrected chi connectivity index (χ3v) is 2.61. The number of aliphatic hydroxyl groups is 1. The second kappa shape index (κ2) is 4.90. The summed E-state index contributed by atoms with van der Waals surface area (Å²) in [6.07, 6.45) is 0.148. The Kier molecular flexibility index (Phi) is 3.32. The van der Waals surface area contributed by atoms with E-state index in [2.05, 4.69) is 10.0 Å². The monoisotopic (exact) mass is 236 g/mol. The van der Waals surface area contributed by atoms with Crippen LogP contribution in [0.15, 0.2) is 21.7 Å². The van der Waals surface area contributed by atoms with Crippen molar-refractivity contribution >= 4 is 5.91 Å². The van der Waals surface area contributed by atoms with Gasteiger partial charge in [-0.05, 0) is 24.1 Å². The molecule has 1 aliphatic rings. The quantitative estimate of drug-likeness (QED) is 0.486. The van der Waals surface area contributed by atoms with Crippen molar-refractivity contribution in [2.45, 2.75) is 19.1 Å². The number of rotatable bonds is 3. The van der Waals surface area contributed by atoms with Crippen molar-refractivity contribution in [3.05, 3.63) is 34.1 Å². The van der Waals surface area contributed by atoms with Gasteiger partial charge in [0.05, 0.1) is 12.6 Å². The summed E-state index contributed by atoms with van der Waals surface area (Å²) in [6.45, 7) is 0.962. The minimum Gasteiger partial charge on any atom is -0.456 e. The van der Waals surface area contributed by atoms with Crippen molar-refractivity contribution in [1.29, 1.82) is 0 Å². The molecule has 1 amide bonds. The highest BCUT2D eigenvalue weighted by Crippen LogP contribution is 2.16. The Morgan fingerprint density at radius 3 is 3.18 bits per heavy atom. The van der Waals surface area contributed by atoms with Gasteiger partial charge in [-0.1, -0.05) is 5.11 Å². The maximum absolute atomic E-state index is 11.9. The third-order valence-electron chi connectivity index (χ3n) is 2.61. The molecule has 0 radical (unpaired) electrons. The van der Waals surface area contributed by atoms with Gasteiger partial charge in [0.2, 0.25) is 0 Å². The molecule has 7 nitrogen and oxygen atoms in total. The van der Waals surface area contributed by atoms with Crippen LogP contribution in [0.5, 0.6) is 0 Å². The van der Waals surface area contributed by atoms with E-state index in [0.29, 0.717) is 25.3 Å². The van der Waals surface area contributed by atoms with Gasteiger partial charge in [-0.25, -0.2) is 0 Å². The van der Waals surface area contributed by atoms with Crippen molar-refractivity contribution < 1.29 is 14.3 Å². The van der Waals surface area contributed by atoms with Crippen molar-refractivity contribution in [1.82, 2.24) is 4.90 Å². The molecule has 1 saturated heterocycles. The van der Waals surface area contributed by atoms with Crippen molar-refractivity contribution in [3.63, 3.8) is 0 Å². The first-order valence-electron chi connectivity index (χ1n) is 5.27. The predicted octanol–water partition coefficient (Wildman–Crippen LogP) is 1.30. The first kappa shape index (κ1) is 11.5. The van der Waals surface area contributed by atoms with Crippen LogP contribution in [-0.2, 0) is 6.54 Å². The largest absolute Gasteiger partial charge is 0.456 e. The van der Waals surface area contributed by atoms with E-state index in [-0.39, 0.29) is 18.2 Å². The number of amides is 1. The van der Waals surface area contributed by atoms with Crippen molar-refractivity contribution in [2.75, 3.05) is 13.1 Å². The van der Waals surface area contributed by atoms with Gasteiger partial charge in [0.15, 0.2) is 5.76 Å². The highest BCUT2D eigenvalue weighted by Gasteiger charge is 2.27. The van der Waals surface area contributed by atoms with E-state index < -0.39 is 6.10 Å². The molecule has 1 aromatic heterocycles. The molecular formula is C10H12N4O3. The lowest BCUT2D eigenvalue weighted by Gasteiger charge is -2.13. The molecule has 1 atom stereocenters. The Morgan fingerprint density at radius 1 is 1.71 bits per heavy atom. The van der Waals surface area contributed by atoms with Crippen molar-refractivity contribution in [3.8, 4) is 0 Å². The van der Waals surface area contributed by atoms with Crippen LogP contribution in [0.25, 0.3) is 10.4 Å². The zero-order chi connectivity index (χ0) is 12.3. The fraction of sp³-hybridized carbons (Fsp3) is 0.500. The highest BCUT2D eigenvalue weighted by atomic mass is 16.4. The summed E-state index contributed by atoms with van der Waals surface area (Å²) in [7, 11) is 0. The maximum atomic E-state index is 11.9. The first-order chi connectivity index (χ1) is 8.20. The number of hydrogen-bond donors (Lipinski definition) is 1. The summed E-state index contributed by atoms with van der Waals surface area (Å²) >= 11 is 0. The van der Waals surface area contributed by atoms with E-state index in [1.165, 1.54) is 0 Å². The number of β-amino-alcohol motifs (C(OH)–C–C–N with tert-alkyl or cyclic N) is 1. The van der Waals surface area contributed by atoms with Crippen LogP contribution in [0.3, 0.4) is 0 Å². The number of likely N-dealkylation sites (tertiary alicyclic amines) is 1. The second-order valence-corrected chi connectivity index (χ2v) is 3.85. The molecule has 1 unspecified atom stereocenters. The highest BCUT2D eigenvalue weighted by molar-refractivity contribution is 5.91. The number of carbonyl (C=O) groups is 1. The lowest BCUT2D eigenvalue weighted by Crippen LogP contribution is -2.29. The SMILES string of the molecule is [N-]=[N+]=NCc1ccc(C(=O)N2CCC(O)C2)o1. The minimum absolute atomic E-state index is 0.0897. The fourth-order valence-electron chi connectivity index (χ4n) is 1.76. The average Bonchev–Trinajstić information content (AvgIpc) is 2.94. The van der Waals surface area contributed by atoms with Gasteiger partial charge in [0.25, 0.3) is 5.91 Å². The summed E-state index contributed by atoms with van der Waals surface area (Å²) in [5, 5.41) is 12.7. The van der Waals surface area contributed by atoms with Gasteiger partial charge >= 0.3 is 0 Å². The van der Waals surface area contributed by atoms with E-state index in [1.54, 1.807) is 17.0 Å². The molecule has 7 heteroatoms. The second-order valence-electron chi connectivity index (χ2n) is 3.85. The molecule has 0 bridgehead atoms. The molecule has 0 aliphatic carbocycles. The van der Waals surface area contributed by atoms with Gasteiger partial charge in [-0.15, -0.1) is 0 Å². The van der Waals surface area contributed by atoms with Crippen LogP contribution in [0.4, 0.5) is 0 Å². The number of aliphatic hydroxyl groups excluding tert-OH is 1. The van der Waals surface area contributed by atoms with Gasteiger partial charge in [0.1, 0.15) is 5.76 Å². The molecule has 1 aliphatic heterocycles. The van der Waals surface area contributed by atoms with E-state index in [9.17, 15) is 9.90 Å². The van der Waals surface area contributed by atoms with Crippen LogP contribution >= 0.6 is 0 Å². The molecule has 1 aromatic rings. The molecule has 2 heterocycles. The number of azide groups is 1. The average molecular weight is 236 g/mol. The van der Waals surface area contributed by atoms with E-state index in [4.69, 9.17) is 9.95 Å². The summed E-state index contributed by atoms with van der Waals surface area (Å²) in [4.78, 5) is 16.0. The topological polar surface area (TPSA) is 102 Å². The number of hydrogen-bond acceptors (Lipinski definition) is 4. The third kappa shape index (κ3) is 2.58. The number of carbonyl (C=O) groups excluding carboxylic acids is 1. The molecule has 2 rings (SSSR count). The molecule has 0 saturated carbocycles. The lowest BCUT2D eigenvalue weighted by molar-refractivity contribution is 0.0732. The Morgan fingerprint density at radius 2 is 2.53 bits per heavy atom. The smallest absolute Gasteiger partial charge is 0.289 e. The zero-order valence-electron chi connectivity index (χ0n) is 9.11. The summed E-state index contributed by atoms with van der Waals surface area (Å²) in [5.41, 5.74) is 8.16. The van der Waals surface area contributed by atoms with E-state index in [1.807, 2.05) is 0 Å². The molecule has 90 valence electrons. The minimum atomic E-state index is -0.448. The van der Waals surface area contributed by atoms with Crippen molar-refractivity contribution in [2.24, 2.45) is 5.11 Å².